The largest absolute Gasteiger partial charge is 0.456 e. The Morgan fingerprint density at radius 3 is 2.22 bits per heavy atom. The van der Waals surface area contributed by atoms with Crippen molar-refractivity contribution in [2.75, 3.05) is 6.61 Å². The smallest absolute Gasteiger partial charge is 0.329 e. The summed E-state index contributed by atoms with van der Waals surface area (Å²) in [6.07, 6.45) is 2.92. The number of esters is 1. The van der Waals surface area contributed by atoms with Gasteiger partial charge in [0.2, 0.25) is 11.8 Å². The van der Waals surface area contributed by atoms with Crippen molar-refractivity contribution in [3.63, 3.8) is 0 Å². The fraction of sp³-hybridized carbons (Fsp3) is 0.500. The van der Waals surface area contributed by atoms with E-state index in [0.29, 0.717) is 5.56 Å². The van der Waals surface area contributed by atoms with E-state index in [9.17, 15) is 19.2 Å². The van der Waals surface area contributed by atoms with E-state index in [2.05, 4.69) is 15.9 Å². The highest BCUT2D eigenvalue weighted by Crippen LogP contribution is 2.56. The van der Waals surface area contributed by atoms with Gasteiger partial charge in [-0.2, -0.15) is 0 Å². The Morgan fingerprint density at radius 2 is 1.67 bits per heavy atom. The molecule has 1 aromatic carbocycles. The zero-order valence-electron chi connectivity index (χ0n) is 14.9. The van der Waals surface area contributed by atoms with E-state index in [1.807, 2.05) is 0 Å². The molecule has 6 nitrogen and oxygen atoms in total. The third-order valence-corrected chi connectivity index (χ3v) is 6.73. The molecule has 3 aliphatic rings. The standard InChI is InChI=1S/C20H20BrNO5/c1-10(20(26)27-9-15(23)11-4-6-14(21)7-5-11)22-18(24)16-12-2-3-13(8-12)17(16)19(22)25/h4-7,10,12-13,16-17H,2-3,8-9H2,1H3/t10-,12-,13+,16-,17+/m0/s1. The summed E-state index contributed by atoms with van der Waals surface area (Å²) in [4.78, 5) is 51.1. The first-order chi connectivity index (χ1) is 12.9. The van der Waals surface area contributed by atoms with Gasteiger partial charge in [0.15, 0.2) is 12.4 Å². The van der Waals surface area contributed by atoms with Crippen LogP contribution in [0, 0.1) is 23.7 Å². The molecule has 0 aromatic heterocycles. The molecule has 0 unspecified atom stereocenters. The van der Waals surface area contributed by atoms with Crippen molar-refractivity contribution in [1.29, 1.82) is 0 Å². The van der Waals surface area contributed by atoms with Crippen LogP contribution in [0.4, 0.5) is 0 Å². The molecule has 5 atom stereocenters. The van der Waals surface area contributed by atoms with Gasteiger partial charge in [-0.25, -0.2) is 4.79 Å². The first kappa shape index (κ1) is 18.3. The molecule has 2 saturated carbocycles. The number of amides is 2. The van der Waals surface area contributed by atoms with E-state index in [-0.39, 0.29) is 41.3 Å². The Hall–Kier alpha value is -2.02. The van der Waals surface area contributed by atoms with E-state index in [4.69, 9.17) is 4.74 Å². The van der Waals surface area contributed by atoms with Crippen molar-refractivity contribution in [2.45, 2.75) is 32.2 Å². The molecular weight excluding hydrogens is 414 g/mol. The number of ether oxygens (including phenoxy) is 1. The molecule has 0 radical (unpaired) electrons. The van der Waals surface area contributed by atoms with Crippen LogP contribution in [0.1, 0.15) is 36.5 Å². The maximum absolute atomic E-state index is 12.8. The molecule has 142 valence electrons. The van der Waals surface area contributed by atoms with Gasteiger partial charge in [0, 0.05) is 10.0 Å². The highest BCUT2D eigenvalue weighted by Gasteiger charge is 2.62. The average molecular weight is 434 g/mol. The SMILES string of the molecule is C[C@@H](C(=O)OCC(=O)c1ccc(Br)cc1)N1C(=O)[C@@H]2[C@@H]3CC[C@@H](C3)[C@@H]2C1=O. The number of carbonyl (C=O) groups excluding carboxylic acids is 4. The molecule has 2 bridgehead atoms. The van der Waals surface area contributed by atoms with Gasteiger partial charge in [0.25, 0.3) is 0 Å². The Morgan fingerprint density at radius 1 is 1.11 bits per heavy atom. The van der Waals surface area contributed by atoms with Gasteiger partial charge in [-0.05, 0) is 50.2 Å². The zero-order chi connectivity index (χ0) is 19.3. The van der Waals surface area contributed by atoms with Gasteiger partial charge in [0.05, 0.1) is 11.8 Å². The lowest BCUT2D eigenvalue weighted by Crippen LogP contribution is -2.45. The summed E-state index contributed by atoms with van der Waals surface area (Å²) in [6.45, 7) is 1.07. The van der Waals surface area contributed by atoms with Crippen molar-refractivity contribution in [1.82, 2.24) is 4.90 Å². The minimum atomic E-state index is -1.01. The number of hydrogen-bond acceptors (Lipinski definition) is 5. The lowest BCUT2D eigenvalue weighted by molar-refractivity contribution is -0.157. The maximum Gasteiger partial charge on any atom is 0.329 e. The van der Waals surface area contributed by atoms with Crippen molar-refractivity contribution in [3.8, 4) is 0 Å². The fourth-order valence-electron chi connectivity index (χ4n) is 4.90. The van der Waals surface area contributed by atoms with Gasteiger partial charge in [-0.3, -0.25) is 19.3 Å². The van der Waals surface area contributed by atoms with Crippen molar-refractivity contribution in [3.05, 3.63) is 34.3 Å². The second-order valence-corrected chi connectivity index (χ2v) is 8.56. The van der Waals surface area contributed by atoms with Crippen LogP contribution in [0.25, 0.3) is 0 Å². The number of Topliss-reactive ketones (excluding diaryl/α,β-unsaturated/α-hetero) is 1. The third kappa shape index (κ3) is 3.02. The Bertz CT molecular complexity index is 792. The summed E-state index contributed by atoms with van der Waals surface area (Å²) in [5.41, 5.74) is 0.429. The zero-order valence-corrected chi connectivity index (χ0v) is 16.5. The third-order valence-electron chi connectivity index (χ3n) is 6.20. The number of rotatable bonds is 5. The van der Waals surface area contributed by atoms with Crippen LogP contribution in [-0.2, 0) is 19.1 Å². The first-order valence-electron chi connectivity index (χ1n) is 9.20. The molecule has 4 rings (SSSR count). The highest BCUT2D eigenvalue weighted by molar-refractivity contribution is 9.10. The predicted molar refractivity (Wildman–Crippen MR) is 98.6 cm³/mol. The van der Waals surface area contributed by atoms with Crippen LogP contribution in [0.3, 0.4) is 0 Å². The molecular formula is C20H20BrNO5. The quantitative estimate of drug-likeness (QED) is 0.404. The number of halogens is 1. The number of hydrogen-bond donors (Lipinski definition) is 0. The summed E-state index contributed by atoms with van der Waals surface area (Å²) in [5.74, 6) is -1.56. The molecule has 1 saturated heterocycles. The predicted octanol–water partition coefficient (Wildman–Crippen LogP) is 2.59. The van der Waals surface area contributed by atoms with Crippen molar-refractivity contribution >= 4 is 39.5 Å². The van der Waals surface area contributed by atoms with E-state index in [1.54, 1.807) is 24.3 Å². The molecule has 3 fully saturated rings. The molecule has 7 heteroatoms. The van der Waals surface area contributed by atoms with Crippen LogP contribution in [-0.4, -0.2) is 41.1 Å². The van der Waals surface area contributed by atoms with Crippen LogP contribution in [0.5, 0.6) is 0 Å². The van der Waals surface area contributed by atoms with Gasteiger partial charge in [-0.15, -0.1) is 0 Å². The summed E-state index contributed by atoms with van der Waals surface area (Å²) in [6, 6.07) is 5.72. The summed E-state index contributed by atoms with van der Waals surface area (Å²) < 4.78 is 5.95. The average Bonchev–Trinajstić information content (AvgIpc) is 3.33. The Balaban J connectivity index is 1.39. The summed E-state index contributed by atoms with van der Waals surface area (Å²) in [5, 5.41) is 0. The van der Waals surface area contributed by atoms with E-state index in [1.165, 1.54) is 6.92 Å². The van der Waals surface area contributed by atoms with Gasteiger partial charge in [0.1, 0.15) is 6.04 Å². The fourth-order valence-corrected chi connectivity index (χ4v) is 5.16. The molecule has 0 spiro atoms. The number of benzene rings is 1. The number of carbonyl (C=O) groups is 4. The first-order valence-corrected chi connectivity index (χ1v) is 10.00. The van der Waals surface area contributed by atoms with E-state index < -0.39 is 18.6 Å². The summed E-state index contributed by atoms with van der Waals surface area (Å²) >= 11 is 3.29. The number of imide groups is 1. The van der Waals surface area contributed by atoms with Crippen molar-refractivity contribution in [2.24, 2.45) is 23.7 Å². The monoisotopic (exact) mass is 433 g/mol. The Kier molecular flexibility index (Phi) is 4.66. The van der Waals surface area contributed by atoms with E-state index >= 15 is 0 Å². The summed E-state index contributed by atoms with van der Waals surface area (Å²) in [7, 11) is 0. The lowest BCUT2D eigenvalue weighted by atomic mass is 9.81. The topological polar surface area (TPSA) is 80.8 Å². The Labute approximate surface area is 165 Å². The molecule has 1 aliphatic heterocycles. The minimum absolute atomic E-state index is 0.249. The lowest BCUT2D eigenvalue weighted by Gasteiger charge is -2.22. The van der Waals surface area contributed by atoms with E-state index in [0.717, 1.165) is 28.6 Å². The molecule has 1 aromatic rings. The maximum atomic E-state index is 12.8. The van der Waals surface area contributed by atoms with Crippen LogP contribution in [0.15, 0.2) is 28.7 Å². The van der Waals surface area contributed by atoms with Crippen LogP contribution < -0.4 is 0 Å². The molecule has 2 amide bonds. The van der Waals surface area contributed by atoms with Crippen molar-refractivity contribution < 1.29 is 23.9 Å². The second kappa shape index (κ2) is 6.86. The normalized spacial score (nSPS) is 29.8. The highest BCUT2D eigenvalue weighted by atomic mass is 79.9. The number of likely N-dealkylation sites (tertiary alicyclic amines) is 1. The number of fused-ring (bicyclic) bond motifs is 5. The number of ketones is 1. The second-order valence-electron chi connectivity index (χ2n) is 7.65. The van der Waals surface area contributed by atoms with Gasteiger partial charge >= 0.3 is 5.97 Å². The minimum Gasteiger partial charge on any atom is -0.456 e. The molecule has 0 N–H and O–H groups in total. The van der Waals surface area contributed by atoms with Crippen LogP contribution in [0.2, 0.25) is 0 Å². The van der Waals surface area contributed by atoms with Crippen LogP contribution >= 0.6 is 15.9 Å². The van der Waals surface area contributed by atoms with Gasteiger partial charge in [-0.1, -0.05) is 28.1 Å². The molecule has 27 heavy (non-hydrogen) atoms. The molecule has 2 aliphatic carbocycles. The van der Waals surface area contributed by atoms with Gasteiger partial charge < -0.3 is 4.74 Å². The number of nitrogens with zero attached hydrogens (tertiary/aromatic N) is 1. The molecule has 1 heterocycles.